The summed E-state index contributed by atoms with van der Waals surface area (Å²) in [6.07, 6.45) is -25.5. The fraction of sp³-hybridized carbons (Fsp3) is 0.774. The van der Waals surface area contributed by atoms with E-state index in [0.717, 1.165) is 0 Å². The van der Waals surface area contributed by atoms with Crippen LogP contribution in [0.4, 0.5) is 0 Å². The van der Waals surface area contributed by atoms with Crippen LogP contribution in [-0.2, 0) is 63.3 Å². The Bertz CT molecular complexity index is 2370. The quantitative estimate of drug-likeness (QED) is 0.109. The Hall–Kier alpha value is -3.32. The maximum Gasteiger partial charge on any atom is 0.202 e. The van der Waals surface area contributed by atoms with Gasteiger partial charge in [0.15, 0.2) is 36.7 Å². The van der Waals surface area contributed by atoms with E-state index in [-0.39, 0.29) is 71.7 Å². The zero-order valence-corrected chi connectivity index (χ0v) is 44.9. The summed E-state index contributed by atoms with van der Waals surface area (Å²) in [4.78, 5) is 29.0. The van der Waals surface area contributed by atoms with E-state index in [9.17, 15) is 55.9 Å². The number of aliphatic hydroxyl groups excluding tert-OH is 7. The number of Topliss-reactive ketones (excluding diaryl/α,β-unsaturated/α-hetero) is 2. The predicted molar refractivity (Wildman–Crippen MR) is 263 cm³/mol. The molecule has 434 valence electrons. The third kappa shape index (κ3) is 12.3. The first-order chi connectivity index (χ1) is 36.2. The number of phenolic OH excluding ortho intramolecular Hbond substituents is 2. The van der Waals surface area contributed by atoms with Crippen molar-refractivity contribution in [1.82, 2.24) is 0 Å². The fourth-order valence-electron chi connectivity index (χ4n) is 11.7. The Balaban J connectivity index is 1.04. The van der Waals surface area contributed by atoms with Crippen molar-refractivity contribution >= 4 is 22.3 Å². The maximum absolute atomic E-state index is 15.0. The van der Waals surface area contributed by atoms with E-state index in [4.69, 9.17) is 56.8 Å². The van der Waals surface area contributed by atoms with Crippen molar-refractivity contribution in [1.29, 1.82) is 0 Å². The molecule has 0 spiro atoms. The van der Waals surface area contributed by atoms with Crippen molar-refractivity contribution < 1.29 is 117 Å². The molecule has 0 amide bonds. The number of aromatic hydroxyl groups is 2. The van der Waals surface area contributed by atoms with Gasteiger partial charge < -0.3 is 108 Å². The lowest BCUT2D eigenvalue weighted by Gasteiger charge is -2.46. The van der Waals surface area contributed by atoms with Crippen molar-refractivity contribution in [3.8, 4) is 17.2 Å². The van der Waals surface area contributed by atoms with E-state index in [1.807, 2.05) is 0 Å². The molecule has 6 aliphatic rings. The highest BCUT2D eigenvalue weighted by molar-refractivity contribution is 6.11. The molecule has 5 fully saturated rings. The summed E-state index contributed by atoms with van der Waals surface area (Å²) < 4.78 is 72.3. The van der Waals surface area contributed by atoms with Crippen molar-refractivity contribution in [2.24, 2.45) is 5.92 Å². The Morgan fingerprint density at radius 3 is 1.74 bits per heavy atom. The minimum Gasteiger partial charge on any atom is -0.507 e. The van der Waals surface area contributed by atoms with Crippen LogP contribution in [0.15, 0.2) is 12.1 Å². The number of ketones is 2. The minimum atomic E-state index is -1.94. The molecule has 77 heavy (non-hydrogen) atoms. The van der Waals surface area contributed by atoms with Gasteiger partial charge in [-0.2, -0.15) is 0 Å². The molecule has 0 aromatic heterocycles. The summed E-state index contributed by atoms with van der Waals surface area (Å²) in [7, 11) is 2.66. The molecule has 24 heteroatoms. The summed E-state index contributed by atoms with van der Waals surface area (Å²) >= 11 is 0. The van der Waals surface area contributed by atoms with Crippen LogP contribution in [0.25, 0.3) is 10.8 Å². The Labute approximate surface area is 445 Å². The molecule has 0 saturated carbocycles. The van der Waals surface area contributed by atoms with Crippen LogP contribution in [-0.4, -0.2) is 224 Å². The lowest BCUT2D eigenvalue weighted by Crippen LogP contribution is -2.58. The predicted octanol–water partition coefficient (Wildman–Crippen LogP) is 0.405. The summed E-state index contributed by atoms with van der Waals surface area (Å²) in [5, 5.41) is 111. The Morgan fingerprint density at radius 2 is 1.21 bits per heavy atom. The number of hydrogen-bond donors (Lipinski definition) is 10. The second kappa shape index (κ2) is 24.0. The van der Waals surface area contributed by atoms with Gasteiger partial charge in [-0.1, -0.05) is 0 Å². The number of rotatable bonds is 16. The summed E-state index contributed by atoms with van der Waals surface area (Å²) in [6.45, 7) is 12.3. The first-order valence-electron chi connectivity index (χ1n) is 26.4. The van der Waals surface area contributed by atoms with Gasteiger partial charge in [0, 0.05) is 57.8 Å². The van der Waals surface area contributed by atoms with E-state index in [2.05, 4.69) is 0 Å². The van der Waals surface area contributed by atoms with Crippen molar-refractivity contribution in [3.63, 3.8) is 0 Å². The summed E-state index contributed by atoms with van der Waals surface area (Å²) in [5.74, 6) is -4.01. The lowest BCUT2D eigenvalue weighted by molar-refractivity contribution is -0.334. The van der Waals surface area contributed by atoms with Gasteiger partial charge in [0.05, 0.1) is 77.6 Å². The van der Waals surface area contributed by atoms with Crippen LogP contribution < -0.4 is 4.74 Å². The molecular weight excluding hydrogens is 1020 g/mol. The zero-order chi connectivity index (χ0) is 56.3. The number of methoxy groups -OCH3 is 2. The van der Waals surface area contributed by atoms with Crippen LogP contribution in [0.3, 0.4) is 0 Å². The normalized spacial score (nSPS) is 42.1. The second-order valence-corrected chi connectivity index (χ2v) is 21.9. The number of phenols is 2. The molecule has 5 aliphatic heterocycles. The van der Waals surface area contributed by atoms with E-state index in [1.165, 1.54) is 47.1 Å². The first kappa shape index (κ1) is 59.8. The van der Waals surface area contributed by atoms with Crippen LogP contribution in [0, 0.1) is 12.8 Å². The van der Waals surface area contributed by atoms with E-state index >= 15 is 4.79 Å². The number of ether oxygens (including phenoxy) is 12. The lowest BCUT2D eigenvalue weighted by atomic mass is 9.75. The number of fused-ring (bicyclic) bond motifs is 2. The average Bonchev–Trinajstić information content (AvgIpc) is 3.36. The topological polar surface area (TPSA) is 347 Å². The van der Waals surface area contributed by atoms with Gasteiger partial charge in [0.2, 0.25) is 6.29 Å². The summed E-state index contributed by atoms with van der Waals surface area (Å²) in [5.41, 5.74) is -1.44. The van der Waals surface area contributed by atoms with Crippen molar-refractivity contribution in [2.75, 3.05) is 14.2 Å². The van der Waals surface area contributed by atoms with Crippen LogP contribution in [0.1, 0.15) is 102 Å². The third-order valence-electron chi connectivity index (χ3n) is 16.1. The molecule has 5 heterocycles. The van der Waals surface area contributed by atoms with Gasteiger partial charge in [-0.25, -0.2) is 0 Å². The molecule has 25 atom stereocenters. The highest BCUT2D eigenvalue weighted by Gasteiger charge is 2.51. The van der Waals surface area contributed by atoms with Gasteiger partial charge in [0.25, 0.3) is 0 Å². The van der Waals surface area contributed by atoms with E-state index < -0.39 is 176 Å². The van der Waals surface area contributed by atoms with Crippen LogP contribution >= 0.6 is 0 Å². The van der Waals surface area contributed by atoms with Gasteiger partial charge in [-0.05, 0) is 84.9 Å². The SMILES string of the molecule is COC1C(O)CC(OC2CC(Oc3cc4cc5c(c(O)c4c(O)c3C)C(=O)[C@@H](OC3CC(OC4CC(OC6CC(C)(O)C(O)C(C)O6)C(O)C(C)O4)C(O)C(C)O3)[C@H]([C@H](OC)C(=O)[C@@H](O)C(C)O)C5)OC(C)C2O)OC1C. The highest BCUT2D eigenvalue weighted by Crippen LogP contribution is 2.48. The van der Waals surface area contributed by atoms with Gasteiger partial charge in [0.1, 0.15) is 66.1 Å². The van der Waals surface area contributed by atoms with Gasteiger partial charge in [-0.3, -0.25) is 9.59 Å². The number of hydrogen-bond acceptors (Lipinski definition) is 24. The largest absolute Gasteiger partial charge is 0.507 e. The van der Waals surface area contributed by atoms with Gasteiger partial charge >= 0.3 is 0 Å². The molecule has 24 nitrogen and oxygen atoms in total. The molecule has 1 aliphatic carbocycles. The second-order valence-electron chi connectivity index (χ2n) is 21.9. The average molecular weight is 1100 g/mol. The van der Waals surface area contributed by atoms with Gasteiger partial charge in [-0.15, -0.1) is 0 Å². The van der Waals surface area contributed by atoms with E-state index in [1.54, 1.807) is 34.6 Å². The molecule has 10 N–H and O–H groups in total. The first-order valence-corrected chi connectivity index (χ1v) is 26.4. The number of aliphatic hydroxyl groups is 8. The molecule has 0 radical (unpaired) electrons. The Morgan fingerprint density at radius 1 is 0.701 bits per heavy atom. The number of carbonyl (C=O) groups excluding carboxylic acids is 2. The number of benzene rings is 2. The zero-order valence-electron chi connectivity index (χ0n) is 44.9. The molecule has 21 unspecified atom stereocenters. The van der Waals surface area contributed by atoms with Crippen molar-refractivity contribution in [2.45, 2.75) is 241 Å². The molecule has 2 aromatic rings. The third-order valence-corrected chi connectivity index (χ3v) is 16.1. The maximum atomic E-state index is 15.0. The smallest absolute Gasteiger partial charge is 0.202 e. The molecule has 0 bridgehead atoms. The minimum absolute atomic E-state index is 0.00357. The van der Waals surface area contributed by atoms with Crippen LogP contribution in [0.2, 0.25) is 0 Å². The summed E-state index contributed by atoms with van der Waals surface area (Å²) in [6, 6.07) is 3.06. The molecule has 8 rings (SSSR count). The highest BCUT2D eigenvalue weighted by atomic mass is 16.7. The number of carbonyl (C=O) groups is 2. The Kier molecular flexibility index (Phi) is 18.7. The standard InChI is InChI=1S/C53H78O24/c1-19-30(73-35-15-31(43(58)21(3)68-35)74-34-14-29(55)49(66-9)24(6)71-34)13-27-11-26-12-28(50(67-10)48(63)42(57)20(2)54)51(47(62)40(26)46(61)39(27)41(19)56)77-37-17-32(44(59)23(5)70-37)75-36-16-33(45(60)22(4)69-36)76-38-18-53(8,65)52(64)25(7)72-38/h11,13,20-25,28-29,31-38,42-45,49-52,54-61,64-65H,12,14-18H2,1-10H3/t20?,21?,22?,23?,24?,25?,28-,29?,31?,32?,33?,34?,35?,36?,37?,38?,42-,43?,44?,45?,49?,50-,51-,52?,53?/m0/s1. The van der Waals surface area contributed by atoms with E-state index in [0.29, 0.717) is 0 Å². The molecular formula is C53H78O24. The van der Waals surface area contributed by atoms with Crippen molar-refractivity contribution in [3.05, 3.63) is 28.8 Å². The molecule has 2 aromatic carbocycles. The molecule has 5 saturated heterocycles. The monoisotopic (exact) mass is 1100 g/mol. The van der Waals surface area contributed by atoms with Crippen LogP contribution in [0.5, 0.6) is 17.2 Å². The fourth-order valence-corrected chi connectivity index (χ4v) is 11.7.